The number of carboxylic acids is 1. The topological polar surface area (TPSA) is 78.9 Å². The van der Waals surface area contributed by atoms with Gasteiger partial charge in [0.15, 0.2) is 0 Å². The molecule has 4 aromatic carbocycles. The molecule has 2 N–H and O–H groups in total. The van der Waals surface area contributed by atoms with Gasteiger partial charge in [0.1, 0.15) is 17.6 Å². The molecule has 0 radical (unpaired) electrons. The fourth-order valence-corrected chi connectivity index (χ4v) is 5.82. The molecular weight excluding hydrogens is 545 g/mol. The molecule has 0 saturated heterocycles. The normalized spacial score (nSPS) is 14.0. The fraction of sp³-hybridized carbons (Fsp3) is 0.273. The largest absolute Gasteiger partial charge is 0.496 e. The number of carboxylic acid groups (broad SMARTS) is 1. The number of aliphatic carboxylic acids is 1. The Labute approximate surface area is 241 Å². The zero-order chi connectivity index (χ0) is 30.0. The summed E-state index contributed by atoms with van der Waals surface area (Å²) in [5.74, 6) is -2.16. The molecule has 9 heteroatoms. The average molecular weight is 577 g/mol. The van der Waals surface area contributed by atoms with Gasteiger partial charge in [-0.2, -0.15) is 0 Å². The number of hydrogen-bond acceptors (Lipinski definition) is 4. The van der Waals surface area contributed by atoms with Gasteiger partial charge in [-0.1, -0.05) is 54.6 Å². The van der Waals surface area contributed by atoms with Crippen LogP contribution in [-0.4, -0.2) is 54.5 Å². The van der Waals surface area contributed by atoms with Crippen LogP contribution in [0.2, 0.25) is 0 Å². The quantitative estimate of drug-likeness (QED) is 0.255. The van der Waals surface area contributed by atoms with E-state index >= 15 is 0 Å². The number of rotatable bonds is 9. The van der Waals surface area contributed by atoms with Crippen LogP contribution in [0.15, 0.2) is 66.7 Å². The molecule has 42 heavy (non-hydrogen) atoms. The minimum Gasteiger partial charge on any atom is -0.496 e. The third-order valence-electron chi connectivity index (χ3n) is 7.83. The number of benzene rings is 4. The summed E-state index contributed by atoms with van der Waals surface area (Å²) < 4.78 is 46.6. The van der Waals surface area contributed by atoms with Gasteiger partial charge < -0.3 is 15.2 Å². The molecule has 0 aromatic heterocycles. The van der Waals surface area contributed by atoms with Crippen molar-refractivity contribution in [3.8, 4) is 16.9 Å². The number of alkyl halides is 2. The second-order valence-electron chi connectivity index (χ2n) is 10.5. The Kier molecular flexibility index (Phi) is 8.49. The highest BCUT2D eigenvalue weighted by Gasteiger charge is 2.27. The van der Waals surface area contributed by atoms with Crippen LogP contribution < -0.4 is 10.1 Å². The number of fused-ring (bicyclic) bond motifs is 2. The number of hydrogen-bond donors (Lipinski definition) is 2. The van der Waals surface area contributed by atoms with E-state index in [9.17, 15) is 27.9 Å². The van der Waals surface area contributed by atoms with Crippen LogP contribution in [0.4, 0.5) is 13.2 Å². The molecule has 1 atom stereocenters. The lowest BCUT2D eigenvalue weighted by atomic mass is 9.87. The lowest BCUT2D eigenvalue weighted by Crippen LogP contribution is -2.42. The van der Waals surface area contributed by atoms with Gasteiger partial charge in [-0.05, 0) is 64.1 Å². The smallest absolute Gasteiger partial charge is 0.326 e. The number of carbonyl (C=O) groups excluding carboxylic acids is 1. The molecule has 0 saturated carbocycles. The van der Waals surface area contributed by atoms with Crippen molar-refractivity contribution in [2.75, 3.05) is 20.2 Å². The number of nitrogens with zero attached hydrogens (tertiary/aromatic N) is 1. The van der Waals surface area contributed by atoms with Crippen LogP contribution in [0, 0.1) is 12.7 Å². The van der Waals surface area contributed by atoms with Crippen LogP contribution in [-0.2, 0) is 24.2 Å². The van der Waals surface area contributed by atoms with E-state index < -0.39 is 30.2 Å². The van der Waals surface area contributed by atoms with Gasteiger partial charge in [0.25, 0.3) is 12.3 Å². The van der Waals surface area contributed by atoms with Crippen molar-refractivity contribution in [3.05, 3.63) is 100 Å². The molecule has 6 nitrogen and oxygen atoms in total. The van der Waals surface area contributed by atoms with Gasteiger partial charge >= 0.3 is 5.97 Å². The molecule has 4 aromatic rings. The number of methoxy groups -OCH3 is 1. The van der Waals surface area contributed by atoms with Gasteiger partial charge in [0.05, 0.1) is 19.2 Å². The monoisotopic (exact) mass is 576 g/mol. The van der Waals surface area contributed by atoms with E-state index in [1.807, 2.05) is 42.5 Å². The van der Waals surface area contributed by atoms with E-state index in [4.69, 9.17) is 4.74 Å². The van der Waals surface area contributed by atoms with Gasteiger partial charge in [-0.25, -0.2) is 18.0 Å². The zero-order valence-corrected chi connectivity index (χ0v) is 23.3. The predicted molar refractivity (Wildman–Crippen MR) is 155 cm³/mol. The predicted octanol–water partition coefficient (Wildman–Crippen LogP) is 6.01. The first kappa shape index (κ1) is 29.1. The Balaban J connectivity index is 1.54. The minimum absolute atomic E-state index is 0.0401. The van der Waals surface area contributed by atoms with E-state index in [0.717, 1.165) is 39.1 Å². The molecule has 0 unspecified atom stereocenters. The summed E-state index contributed by atoms with van der Waals surface area (Å²) in [6.45, 7) is 2.16. The maximum absolute atomic E-state index is 14.4. The maximum Gasteiger partial charge on any atom is 0.326 e. The highest BCUT2D eigenvalue weighted by molar-refractivity contribution is 6.01. The van der Waals surface area contributed by atoms with Crippen molar-refractivity contribution in [1.29, 1.82) is 0 Å². The first-order chi connectivity index (χ1) is 20.2. The van der Waals surface area contributed by atoms with Gasteiger partial charge in [0.2, 0.25) is 0 Å². The van der Waals surface area contributed by atoms with Crippen molar-refractivity contribution >= 4 is 22.6 Å². The molecule has 0 bridgehead atoms. The van der Waals surface area contributed by atoms with E-state index in [1.54, 1.807) is 31.1 Å². The van der Waals surface area contributed by atoms with Crippen LogP contribution in [0.3, 0.4) is 0 Å². The summed E-state index contributed by atoms with van der Waals surface area (Å²) in [7, 11) is 1.57. The third kappa shape index (κ3) is 5.83. The van der Waals surface area contributed by atoms with Gasteiger partial charge in [0, 0.05) is 25.1 Å². The number of halogens is 3. The fourth-order valence-electron chi connectivity index (χ4n) is 5.82. The molecule has 1 amide bonds. The lowest BCUT2D eigenvalue weighted by molar-refractivity contribution is -0.139. The molecule has 0 fully saturated rings. The summed E-state index contributed by atoms with van der Waals surface area (Å²) in [5, 5.41) is 14.1. The molecule has 218 valence electrons. The summed E-state index contributed by atoms with van der Waals surface area (Å²) in [4.78, 5) is 26.9. The molecule has 0 spiro atoms. The molecule has 1 aliphatic rings. The van der Waals surface area contributed by atoms with Crippen molar-refractivity contribution in [2.45, 2.75) is 38.8 Å². The number of nitrogens with one attached hydrogen (secondary N) is 1. The van der Waals surface area contributed by atoms with Gasteiger partial charge in [-0.3, -0.25) is 9.69 Å². The summed E-state index contributed by atoms with van der Waals surface area (Å²) in [6.07, 6.45) is -1.84. The summed E-state index contributed by atoms with van der Waals surface area (Å²) in [5.41, 5.74) is 4.53. The zero-order valence-electron chi connectivity index (χ0n) is 23.3. The van der Waals surface area contributed by atoms with Crippen molar-refractivity contribution in [2.24, 2.45) is 0 Å². The SMILES string of the molecule is COc1ccc2c(c1-c1cccc3c(C[C@H](NC(=O)c4c(C)cccc4F)C(=O)O)cccc13)CN(CC(F)F)CC2. The third-order valence-corrected chi connectivity index (χ3v) is 7.83. The molecule has 5 rings (SSSR count). The molecule has 1 heterocycles. The van der Waals surface area contributed by atoms with Gasteiger partial charge in [-0.15, -0.1) is 0 Å². The van der Waals surface area contributed by atoms with Crippen molar-refractivity contribution < 1.29 is 32.6 Å². The first-order valence-corrected chi connectivity index (χ1v) is 13.7. The van der Waals surface area contributed by atoms with E-state index in [1.165, 1.54) is 6.07 Å². The minimum atomic E-state index is -2.44. The highest BCUT2D eigenvalue weighted by Crippen LogP contribution is 2.41. The van der Waals surface area contributed by atoms with Crippen LogP contribution in [0.5, 0.6) is 5.75 Å². The second kappa shape index (κ2) is 12.2. The molecular formula is C33H31F3N2O4. The Hall–Kier alpha value is -4.37. The highest BCUT2D eigenvalue weighted by atomic mass is 19.3. The van der Waals surface area contributed by atoms with Crippen LogP contribution >= 0.6 is 0 Å². The standard InChI is InChI=1S/C33H31F3N2O4/c1-19-6-3-11-26(34)30(19)32(39)37-27(33(40)41)16-21-7-4-9-23-22(21)8-5-10-24(23)31-25-17-38(18-29(35)36)15-14-20(25)12-13-28(31)42-2/h3-13,27,29H,14-18H2,1-2H3,(H,37,39)(H,40,41)/t27-/m0/s1. The lowest BCUT2D eigenvalue weighted by Gasteiger charge is -2.31. The Morgan fingerprint density at radius 3 is 2.48 bits per heavy atom. The average Bonchev–Trinajstić information content (AvgIpc) is 2.95. The van der Waals surface area contributed by atoms with E-state index in [0.29, 0.717) is 36.4 Å². The number of ether oxygens (including phenoxy) is 1. The maximum atomic E-state index is 14.4. The first-order valence-electron chi connectivity index (χ1n) is 13.7. The Morgan fingerprint density at radius 1 is 1.02 bits per heavy atom. The van der Waals surface area contributed by atoms with Crippen molar-refractivity contribution in [3.63, 3.8) is 0 Å². The number of amides is 1. The van der Waals surface area contributed by atoms with E-state index in [2.05, 4.69) is 5.32 Å². The number of carbonyl (C=O) groups is 2. The Bertz CT molecular complexity index is 1640. The second-order valence-corrected chi connectivity index (χ2v) is 10.5. The van der Waals surface area contributed by atoms with Crippen LogP contribution in [0.25, 0.3) is 21.9 Å². The Morgan fingerprint density at radius 2 is 1.76 bits per heavy atom. The van der Waals surface area contributed by atoms with Crippen molar-refractivity contribution in [1.82, 2.24) is 10.2 Å². The van der Waals surface area contributed by atoms with E-state index in [-0.39, 0.29) is 18.5 Å². The number of aryl methyl sites for hydroxylation is 1. The summed E-state index contributed by atoms with van der Waals surface area (Å²) in [6, 6.07) is 18.0. The summed E-state index contributed by atoms with van der Waals surface area (Å²) >= 11 is 0. The van der Waals surface area contributed by atoms with Crippen LogP contribution in [0.1, 0.15) is 32.6 Å². The molecule has 0 aliphatic carbocycles. The molecule has 1 aliphatic heterocycles.